The van der Waals surface area contributed by atoms with Gasteiger partial charge in [0.2, 0.25) is 0 Å². The Hall–Kier alpha value is -2.72. The lowest BCUT2D eigenvalue weighted by Crippen LogP contribution is -2.30. The van der Waals surface area contributed by atoms with E-state index in [-0.39, 0.29) is 11.3 Å². The van der Waals surface area contributed by atoms with Crippen molar-refractivity contribution in [1.82, 2.24) is 0 Å². The van der Waals surface area contributed by atoms with Gasteiger partial charge in [0.1, 0.15) is 5.75 Å². The Morgan fingerprint density at radius 2 is 1.52 bits per heavy atom. The van der Waals surface area contributed by atoms with Gasteiger partial charge in [0.15, 0.2) is 6.10 Å². The standard InChI is InChI=1S/C25H27NO2S/c1-18(28-20-16-14-19(15-17-20)25(2,3)4)24(27)26-22-12-8-9-13-23(22)29-21-10-6-5-7-11-21/h5-18H,1-4H3,(H,26,27)/t18-/m0/s1. The van der Waals surface area contributed by atoms with Crippen LogP contribution in [0.25, 0.3) is 0 Å². The summed E-state index contributed by atoms with van der Waals surface area (Å²) >= 11 is 1.62. The Morgan fingerprint density at radius 3 is 2.17 bits per heavy atom. The van der Waals surface area contributed by atoms with E-state index >= 15 is 0 Å². The summed E-state index contributed by atoms with van der Waals surface area (Å²) in [5.74, 6) is 0.513. The van der Waals surface area contributed by atoms with E-state index in [1.165, 1.54) is 5.56 Å². The summed E-state index contributed by atoms with van der Waals surface area (Å²) in [5, 5.41) is 3.00. The second-order valence-electron chi connectivity index (χ2n) is 7.93. The molecule has 0 heterocycles. The summed E-state index contributed by atoms with van der Waals surface area (Å²) in [6, 6.07) is 25.8. The second kappa shape index (κ2) is 9.19. The van der Waals surface area contributed by atoms with Crippen LogP contribution in [0.15, 0.2) is 88.7 Å². The van der Waals surface area contributed by atoms with Crippen molar-refractivity contribution in [2.45, 2.75) is 49.0 Å². The average molecular weight is 406 g/mol. The van der Waals surface area contributed by atoms with Crippen molar-refractivity contribution in [3.8, 4) is 5.75 Å². The maximum atomic E-state index is 12.7. The molecule has 4 heteroatoms. The fraction of sp³-hybridized carbons (Fsp3) is 0.240. The van der Waals surface area contributed by atoms with Crippen molar-refractivity contribution < 1.29 is 9.53 Å². The Kier molecular flexibility index (Phi) is 6.65. The molecule has 0 aliphatic rings. The summed E-state index contributed by atoms with van der Waals surface area (Å²) in [4.78, 5) is 14.8. The van der Waals surface area contributed by atoms with Gasteiger partial charge in [-0.2, -0.15) is 0 Å². The molecule has 3 aromatic carbocycles. The van der Waals surface area contributed by atoms with Crippen LogP contribution in [0.3, 0.4) is 0 Å². The summed E-state index contributed by atoms with van der Waals surface area (Å²) in [7, 11) is 0. The van der Waals surface area contributed by atoms with E-state index in [0.717, 1.165) is 15.5 Å². The molecule has 0 fully saturated rings. The number of hydrogen-bond acceptors (Lipinski definition) is 3. The van der Waals surface area contributed by atoms with Gasteiger partial charge in [0, 0.05) is 9.79 Å². The zero-order valence-corrected chi connectivity index (χ0v) is 18.1. The number of rotatable bonds is 6. The summed E-state index contributed by atoms with van der Waals surface area (Å²) in [5.41, 5.74) is 2.10. The maximum absolute atomic E-state index is 12.7. The fourth-order valence-corrected chi connectivity index (χ4v) is 3.72. The zero-order chi connectivity index (χ0) is 20.9. The van der Waals surface area contributed by atoms with E-state index in [0.29, 0.717) is 5.75 Å². The van der Waals surface area contributed by atoms with Gasteiger partial charge >= 0.3 is 0 Å². The minimum Gasteiger partial charge on any atom is -0.481 e. The molecule has 29 heavy (non-hydrogen) atoms. The Bertz CT molecular complexity index is 947. The van der Waals surface area contributed by atoms with Crippen molar-refractivity contribution in [2.24, 2.45) is 0 Å². The van der Waals surface area contributed by atoms with E-state index in [4.69, 9.17) is 4.74 Å². The monoisotopic (exact) mass is 405 g/mol. The number of ether oxygens (including phenoxy) is 1. The molecule has 3 rings (SSSR count). The molecule has 0 saturated carbocycles. The molecule has 0 aliphatic heterocycles. The van der Waals surface area contributed by atoms with Crippen LogP contribution in [-0.4, -0.2) is 12.0 Å². The highest BCUT2D eigenvalue weighted by Gasteiger charge is 2.18. The largest absolute Gasteiger partial charge is 0.481 e. The molecule has 1 N–H and O–H groups in total. The van der Waals surface area contributed by atoms with Crippen LogP contribution in [0, 0.1) is 0 Å². The van der Waals surface area contributed by atoms with Gasteiger partial charge in [-0.25, -0.2) is 0 Å². The van der Waals surface area contributed by atoms with Gasteiger partial charge in [-0.05, 0) is 54.3 Å². The van der Waals surface area contributed by atoms with Crippen LogP contribution in [0.2, 0.25) is 0 Å². The van der Waals surface area contributed by atoms with E-state index in [2.05, 4.69) is 38.2 Å². The van der Waals surface area contributed by atoms with Crippen molar-refractivity contribution >= 4 is 23.4 Å². The molecular formula is C25H27NO2S. The first-order valence-electron chi connectivity index (χ1n) is 9.73. The molecule has 150 valence electrons. The van der Waals surface area contributed by atoms with Crippen LogP contribution in [-0.2, 0) is 10.2 Å². The molecule has 0 aromatic heterocycles. The highest BCUT2D eigenvalue weighted by molar-refractivity contribution is 7.99. The van der Waals surface area contributed by atoms with Gasteiger partial charge in [-0.1, -0.05) is 75.0 Å². The minimum atomic E-state index is -0.606. The second-order valence-corrected chi connectivity index (χ2v) is 9.05. The topological polar surface area (TPSA) is 38.3 Å². The van der Waals surface area contributed by atoms with Crippen molar-refractivity contribution in [3.05, 3.63) is 84.4 Å². The summed E-state index contributed by atoms with van der Waals surface area (Å²) < 4.78 is 5.86. The lowest BCUT2D eigenvalue weighted by molar-refractivity contribution is -0.122. The predicted molar refractivity (Wildman–Crippen MR) is 121 cm³/mol. The maximum Gasteiger partial charge on any atom is 0.265 e. The molecule has 0 radical (unpaired) electrons. The first-order chi connectivity index (χ1) is 13.8. The first kappa shape index (κ1) is 21.0. The van der Waals surface area contributed by atoms with Crippen LogP contribution < -0.4 is 10.1 Å². The minimum absolute atomic E-state index is 0.0850. The number of carbonyl (C=O) groups excluding carboxylic acids is 1. The van der Waals surface area contributed by atoms with Gasteiger partial charge in [-0.15, -0.1) is 0 Å². The molecule has 1 atom stereocenters. The molecule has 0 saturated heterocycles. The quantitative estimate of drug-likeness (QED) is 0.506. The number of para-hydroxylation sites is 1. The Balaban J connectivity index is 1.65. The SMILES string of the molecule is C[C@H](Oc1ccc(C(C)(C)C)cc1)C(=O)Nc1ccccc1Sc1ccccc1. The number of amides is 1. The number of anilines is 1. The average Bonchev–Trinajstić information content (AvgIpc) is 2.70. The Labute approximate surface area is 177 Å². The lowest BCUT2D eigenvalue weighted by Gasteiger charge is -2.20. The molecule has 3 aromatic rings. The normalized spacial score (nSPS) is 12.3. The van der Waals surface area contributed by atoms with Crippen LogP contribution in [0.4, 0.5) is 5.69 Å². The molecular weight excluding hydrogens is 378 g/mol. The van der Waals surface area contributed by atoms with E-state index in [1.54, 1.807) is 18.7 Å². The van der Waals surface area contributed by atoms with Crippen molar-refractivity contribution in [2.75, 3.05) is 5.32 Å². The highest BCUT2D eigenvalue weighted by atomic mass is 32.2. The molecule has 0 spiro atoms. The van der Waals surface area contributed by atoms with Crippen molar-refractivity contribution in [1.29, 1.82) is 0 Å². The van der Waals surface area contributed by atoms with Crippen LogP contribution >= 0.6 is 11.8 Å². The third-order valence-electron chi connectivity index (χ3n) is 4.52. The van der Waals surface area contributed by atoms with Gasteiger partial charge in [0.05, 0.1) is 5.69 Å². The van der Waals surface area contributed by atoms with E-state index in [9.17, 15) is 4.79 Å². The third kappa shape index (κ3) is 5.88. The fourth-order valence-electron chi connectivity index (χ4n) is 2.80. The number of benzene rings is 3. The first-order valence-corrected chi connectivity index (χ1v) is 10.5. The lowest BCUT2D eigenvalue weighted by atomic mass is 9.87. The van der Waals surface area contributed by atoms with Crippen LogP contribution in [0.5, 0.6) is 5.75 Å². The highest BCUT2D eigenvalue weighted by Crippen LogP contribution is 2.33. The molecule has 3 nitrogen and oxygen atoms in total. The van der Waals surface area contributed by atoms with Crippen LogP contribution in [0.1, 0.15) is 33.3 Å². The van der Waals surface area contributed by atoms with Gasteiger partial charge in [-0.3, -0.25) is 4.79 Å². The zero-order valence-electron chi connectivity index (χ0n) is 17.3. The van der Waals surface area contributed by atoms with Crippen molar-refractivity contribution in [3.63, 3.8) is 0 Å². The Morgan fingerprint density at radius 1 is 0.897 bits per heavy atom. The number of nitrogens with one attached hydrogen (secondary N) is 1. The predicted octanol–water partition coefficient (Wildman–Crippen LogP) is 6.54. The molecule has 1 amide bonds. The number of carbonyl (C=O) groups is 1. The molecule has 0 unspecified atom stereocenters. The summed E-state index contributed by atoms with van der Waals surface area (Å²) in [6.45, 7) is 8.28. The smallest absolute Gasteiger partial charge is 0.265 e. The van der Waals surface area contributed by atoms with Gasteiger partial charge < -0.3 is 10.1 Å². The van der Waals surface area contributed by atoms with E-state index in [1.807, 2.05) is 66.7 Å². The summed E-state index contributed by atoms with van der Waals surface area (Å²) in [6.07, 6.45) is -0.606. The number of hydrogen-bond donors (Lipinski definition) is 1. The molecule has 0 aliphatic carbocycles. The van der Waals surface area contributed by atoms with Gasteiger partial charge in [0.25, 0.3) is 5.91 Å². The van der Waals surface area contributed by atoms with E-state index < -0.39 is 6.10 Å². The molecule has 0 bridgehead atoms. The third-order valence-corrected chi connectivity index (χ3v) is 5.60.